The van der Waals surface area contributed by atoms with Gasteiger partial charge in [-0.15, -0.1) is 0 Å². The zero-order valence-corrected chi connectivity index (χ0v) is 18.5. The van der Waals surface area contributed by atoms with Crippen LogP contribution < -0.4 is 5.56 Å². The van der Waals surface area contributed by atoms with Crippen LogP contribution in [-0.4, -0.2) is 52.1 Å². The first-order valence-electron chi connectivity index (χ1n) is 10.1. The Kier molecular flexibility index (Phi) is 6.71. The molecule has 3 rings (SSSR count). The Morgan fingerprint density at radius 1 is 1.26 bits per heavy atom. The normalized spacial score (nSPS) is 20.7. The Labute approximate surface area is 170 Å². The molecule has 0 bridgehead atoms. The van der Waals surface area contributed by atoms with Crippen molar-refractivity contribution in [1.82, 2.24) is 19.4 Å². The van der Waals surface area contributed by atoms with Crippen molar-refractivity contribution in [2.24, 2.45) is 0 Å². The molecule has 2 heterocycles. The molecule has 1 aromatic heterocycles. The summed E-state index contributed by atoms with van der Waals surface area (Å²) in [6.45, 7) is 10.3. The number of fused-ring (bicyclic) bond motifs is 1. The molecule has 0 aliphatic carbocycles. The summed E-state index contributed by atoms with van der Waals surface area (Å²) < 4.78 is 2.80. The molecule has 6 heteroatoms. The van der Waals surface area contributed by atoms with Crippen molar-refractivity contribution < 1.29 is 0 Å². The van der Waals surface area contributed by atoms with Gasteiger partial charge >= 0.3 is 0 Å². The molecule has 0 unspecified atom stereocenters. The van der Waals surface area contributed by atoms with Crippen molar-refractivity contribution in [3.63, 3.8) is 0 Å². The molecular weight excluding hydrogens is 404 g/mol. The largest absolute Gasteiger partial charge is 0.302 e. The summed E-state index contributed by atoms with van der Waals surface area (Å²) in [4.78, 5) is 23.1. The number of nitrogens with zero attached hydrogens (tertiary/aromatic N) is 4. The maximum Gasteiger partial charge on any atom is 0.261 e. The van der Waals surface area contributed by atoms with Gasteiger partial charge in [-0.1, -0.05) is 29.3 Å². The van der Waals surface area contributed by atoms with Crippen LogP contribution in [0.25, 0.3) is 10.9 Å². The Balaban J connectivity index is 2.08. The lowest BCUT2D eigenvalue weighted by Crippen LogP contribution is -2.37. The van der Waals surface area contributed by atoms with Crippen LogP contribution in [0.4, 0.5) is 0 Å². The summed E-state index contributed by atoms with van der Waals surface area (Å²) in [7, 11) is 2.21. The quantitative estimate of drug-likeness (QED) is 0.711. The van der Waals surface area contributed by atoms with Gasteiger partial charge in [-0.05, 0) is 51.9 Å². The van der Waals surface area contributed by atoms with Crippen molar-refractivity contribution in [3.8, 4) is 0 Å². The monoisotopic (exact) mass is 434 g/mol. The SMILES string of the molecule is CCC[C@H](c1nc2ccc(Br)cc2c(=O)n1CC)N1CC[C@H](C)N(C)CC1. The minimum absolute atomic E-state index is 0.0696. The highest BCUT2D eigenvalue weighted by molar-refractivity contribution is 9.10. The molecule has 1 aliphatic heterocycles. The first kappa shape index (κ1) is 20.5. The van der Waals surface area contributed by atoms with E-state index in [-0.39, 0.29) is 11.6 Å². The maximum absolute atomic E-state index is 13.2. The van der Waals surface area contributed by atoms with Crippen molar-refractivity contribution in [2.75, 3.05) is 26.7 Å². The third-order valence-corrected chi connectivity index (χ3v) is 6.38. The average molecular weight is 435 g/mol. The van der Waals surface area contributed by atoms with Crippen LogP contribution >= 0.6 is 15.9 Å². The molecule has 0 amide bonds. The van der Waals surface area contributed by atoms with Gasteiger partial charge in [-0.2, -0.15) is 0 Å². The van der Waals surface area contributed by atoms with Crippen molar-refractivity contribution in [2.45, 2.75) is 58.7 Å². The second kappa shape index (κ2) is 8.84. The Morgan fingerprint density at radius 2 is 2.04 bits per heavy atom. The van der Waals surface area contributed by atoms with Crippen LogP contribution in [0.1, 0.15) is 51.9 Å². The third kappa shape index (κ3) is 4.28. The van der Waals surface area contributed by atoms with Gasteiger partial charge in [-0.25, -0.2) is 4.98 Å². The highest BCUT2D eigenvalue weighted by Gasteiger charge is 2.28. The minimum Gasteiger partial charge on any atom is -0.302 e. The molecule has 0 N–H and O–H groups in total. The van der Waals surface area contributed by atoms with Gasteiger partial charge in [0.05, 0.1) is 16.9 Å². The summed E-state index contributed by atoms with van der Waals surface area (Å²) in [5, 5.41) is 0.689. The summed E-state index contributed by atoms with van der Waals surface area (Å²) >= 11 is 3.48. The molecule has 27 heavy (non-hydrogen) atoms. The van der Waals surface area contributed by atoms with Gasteiger partial charge in [0.25, 0.3) is 5.56 Å². The van der Waals surface area contributed by atoms with Crippen LogP contribution in [0, 0.1) is 0 Å². The Bertz CT molecular complexity index is 838. The fourth-order valence-electron chi connectivity index (χ4n) is 4.02. The molecule has 2 aromatic rings. The molecule has 1 saturated heterocycles. The van der Waals surface area contributed by atoms with Gasteiger partial charge in [0.1, 0.15) is 5.82 Å². The van der Waals surface area contributed by atoms with E-state index in [9.17, 15) is 4.79 Å². The number of likely N-dealkylation sites (N-methyl/N-ethyl adjacent to an activating group) is 1. The van der Waals surface area contributed by atoms with Gasteiger partial charge < -0.3 is 4.90 Å². The lowest BCUT2D eigenvalue weighted by Gasteiger charge is -2.31. The molecule has 148 valence electrons. The zero-order chi connectivity index (χ0) is 19.6. The molecule has 0 saturated carbocycles. The second-order valence-electron chi connectivity index (χ2n) is 7.64. The number of aromatic nitrogens is 2. The van der Waals surface area contributed by atoms with Crippen molar-refractivity contribution >= 4 is 26.8 Å². The topological polar surface area (TPSA) is 41.4 Å². The number of hydrogen-bond donors (Lipinski definition) is 0. The van der Waals surface area contributed by atoms with E-state index in [1.807, 2.05) is 29.7 Å². The maximum atomic E-state index is 13.2. The van der Waals surface area contributed by atoms with E-state index in [0.29, 0.717) is 18.0 Å². The van der Waals surface area contributed by atoms with E-state index < -0.39 is 0 Å². The number of rotatable bonds is 5. The van der Waals surface area contributed by atoms with Crippen LogP contribution in [0.15, 0.2) is 27.5 Å². The van der Waals surface area contributed by atoms with Gasteiger partial charge in [0, 0.05) is 36.7 Å². The van der Waals surface area contributed by atoms with E-state index in [2.05, 4.69) is 46.6 Å². The fraction of sp³-hybridized carbons (Fsp3) is 0.619. The van der Waals surface area contributed by atoms with Gasteiger partial charge in [0.15, 0.2) is 0 Å². The highest BCUT2D eigenvalue weighted by Crippen LogP contribution is 2.27. The molecule has 0 radical (unpaired) electrons. The zero-order valence-electron chi connectivity index (χ0n) is 16.9. The van der Waals surface area contributed by atoms with Crippen LogP contribution in [0.5, 0.6) is 0 Å². The predicted octanol–water partition coefficient (Wildman–Crippen LogP) is 4.05. The number of halogens is 1. The predicted molar refractivity (Wildman–Crippen MR) is 115 cm³/mol. The lowest BCUT2D eigenvalue weighted by molar-refractivity contribution is 0.180. The van der Waals surface area contributed by atoms with Crippen LogP contribution in [0.2, 0.25) is 0 Å². The number of hydrogen-bond acceptors (Lipinski definition) is 4. The highest BCUT2D eigenvalue weighted by atomic mass is 79.9. The van der Waals surface area contributed by atoms with Crippen LogP contribution in [-0.2, 0) is 6.54 Å². The standard InChI is InChI=1S/C21H31BrN4O/c1-5-7-19(25-11-10-15(3)24(4)12-13-25)20-23-18-9-8-16(22)14-17(18)21(27)26(20)6-2/h8-9,14-15,19H,5-7,10-13H2,1-4H3/t15-,19+/m0/s1. The Morgan fingerprint density at radius 3 is 2.74 bits per heavy atom. The molecule has 1 fully saturated rings. The first-order chi connectivity index (χ1) is 13.0. The van der Waals surface area contributed by atoms with E-state index in [4.69, 9.17) is 4.98 Å². The summed E-state index contributed by atoms with van der Waals surface area (Å²) in [6.07, 6.45) is 3.24. The first-order valence-corrected chi connectivity index (χ1v) is 10.9. The van der Waals surface area contributed by atoms with Crippen molar-refractivity contribution in [3.05, 3.63) is 38.9 Å². The molecule has 2 atom stereocenters. The smallest absolute Gasteiger partial charge is 0.261 e. The molecule has 5 nitrogen and oxygen atoms in total. The van der Waals surface area contributed by atoms with Gasteiger partial charge in [-0.3, -0.25) is 14.3 Å². The molecule has 0 spiro atoms. The number of benzene rings is 1. The second-order valence-corrected chi connectivity index (χ2v) is 8.56. The van der Waals surface area contributed by atoms with E-state index in [0.717, 1.165) is 54.7 Å². The minimum atomic E-state index is 0.0696. The van der Waals surface area contributed by atoms with Crippen molar-refractivity contribution in [1.29, 1.82) is 0 Å². The van der Waals surface area contributed by atoms with Gasteiger partial charge in [0.2, 0.25) is 0 Å². The lowest BCUT2D eigenvalue weighted by atomic mass is 10.1. The van der Waals surface area contributed by atoms with Crippen LogP contribution in [0.3, 0.4) is 0 Å². The molecule has 1 aliphatic rings. The third-order valence-electron chi connectivity index (χ3n) is 5.89. The molecule has 1 aromatic carbocycles. The fourth-order valence-corrected chi connectivity index (χ4v) is 4.38. The summed E-state index contributed by atoms with van der Waals surface area (Å²) in [6, 6.07) is 6.58. The average Bonchev–Trinajstić information content (AvgIpc) is 2.82. The summed E-state index contributed by atoms with van der Waals surface area (Å²) in [5.74, 6) is 0.927. The van der Waals surface area contributed by atoms with E-state index >= 15 is 0 Å². The van der Waals surface area contributed by atoms with E-state index in [1.165, 1.54) is 0 Å². The summed E-state index contributed by atoms with van der Waals surface area (Å²) in [5.41, 5.74) is 0.865. The Hall–Kier alpha value is -1.24. The molecular formula is C21H31BrN4O. The van der Waals surface area contributed by atoms with E-state index in [1.54, 1.807) is 0 Å².